The number of carbonyl (C=O) groups is 1. The number of hydrogen-bond acceptors (Lipinski definition) is 2. The Morgan fingerprint density at radius 1 is 1.39 bits per heavy atom. The third-order valence-corrected chi connectivity index (χ3v) is 3.17. The third-order valence-electron chi connectivity index (χ3n) is 2.56. The fraction of sp³-hybridized carbons (Fsp3) is 0.154. The van der Waals surface area contributed by atoms with Crippen LogP contribution in [-0.4, -0.2) is 17.9 Å². The highest BCUT2D eigenvalue weighted by Gasteiger charge is 2.18. The largest absolute Gasteiger partial charge is 0.457 e. The van der Waals surface area contributed by atoms with Gasteiger partial charge in [-0.05, 0) is 28.1 Å². The zero-order valence-corrected chi connectivity index (χ0v) is 11.3. The summed E-state index contributed by atoms with van der Waals surface area (Å²) in [5.41, 5.74) is 0.904. The van der Waals surface area contributed by atoms with Crippen LogP contribution in [0.1, 0.15) is 15.9 Å². The van der Waals surface area contributed by atoms with E-state index in [0.717, 1.165) is 0 Å². The first-order chi connectivity index (χ1) is 8.59. The molecule has 0 N–H and O–H groups in total. The van der Waals surface area contributed by atoms with Crippen molar-refractivity contribution in [2.24, 2.45) is 0 Å². The second kappa shape index (κ2) is 5.35. The quantitative estimate of drug-likeness (QED) is 0.870. The van der Waals surface area contributed by atoms with Crippen LogP contribution in [0.25, 0.3) is 0 Å². The normalized spacial score (nSPS) is 10.4. The molecule has 0 unspecified atom stereocenters. The van der Waals surface area contributed by atoms with Crippen LogP contribution in [0.5, 0.6) is 0 Å². The van der Waals surface area contributed by atoms with Crippen molar-refractivity contribution in [1.82, 2.24) is 4.90 Å². The number of furan rings is 1. The molecule has 1 amide bonds. The SMILES string of the molecule is CN(Cc1ccccc1F)C(=O)c1ccoc1Br. The maximum atomic E-state index is 13.5. The summed E-state index contributed by atoms with van der Waals surface area (Å²) in [7, 11) is 1.62. The minimum absolute atomic E-state index is 0.211. The van der Waals surface area contributed by atoms with E-state index in [9.17, 15) is 9.18 Å². The van der Waals surface area contributed by atoms with E-state index < -0.39 is 0 Å². The molecule has 0 aliphatic carbocycles. The number of nitrogens with zero attached hydrogens (tertiary/aromatic N) is 1. The van der Waals surface area contributed by atoms with Gasteiger partial charge in [-0.15, -0.1) is 0 Å². The Kier molecular flexibility index (Phi) is 3.81. The van der Waals surface area contributed by atoms with E-state index in [2.05, 4.69) is 15.9 Å². The Morgan fingerprint density at radius 2 is 2.11 bits per heavy atom. The van der Waals surface area contributed by atoms with Crippen molar-refractivity contribution in [3.63, 3.8) is 0 Å². The Bertz CT molecular complexity index is 568. The van der Waals surface area contributed by atoms with E-state index in [-0.39, 0.29) is 18.3 Å². The van der Waals surface area contributed by atoms with Gasteiger partial charge in [0, 0.05) is 19.2 Å². The summed E-state index contributed by atoms with van der Waals surface area (Å²) < 4.78 is 18.9. The Labute approximate surface area is 112 Å². The lowest BCUT2D eigenvalue weighted by molar-refractivity contribution is 0.0782. The van der Waals surface area contributed by atoms with Crippen molar-refractivity contribution in [3.8, 4) is 0 Å². The summed E-state index contributed by atoms with van der Waals surface area (Å²) in [6.07, 6.45) is 1.42. The van der Waals surface area contributed by atoms with Crippen molar-refractivity contribution >= 4 is 21.8 Å². The highest BCUT2D eigenvalue weighted by Crippen LogP contribution is 2.20. The van der Waals surface area contributed by atoms with Crippen LogP contribution >= 0.6 is 15.9 Å². The summed E-state index contributed by atoms with van der Waals surface area (Å²) in [6, 6.07) is 7.97. The van der Waals surface area contributed by atoms with Crippen molar-refractivity contribution in [3.05, 3.63) is 58.2 Å². The van der Waals surface area contributed by atoms with Gasteiger partial charge in [0.15, 0.2) is 4.67 Å². The van der Waals surface area contributed by atoms with Crippen molar-refractivity contribution in [2.75, 3.05) is 7.05 Å². The molecular weight excluding hydrogens is 301 g/mol. The number of benzene rings is 1. The smallest absolute Gasteiger partial charge is 0.258 e. The number of halogens is 2. The van der Waals surface area contributed by atoms with Crippen LogP contribution in [-0.2, 0) is 6.54 Å². The van der Waals surface area contributed by atoms with Gasteiger partial charge in [0.25, 0.3) is 5.91 Å². The maximum absolute atomic E-state index is 13.5. The zero-order chi connectivity index (χ0) is 13.1. The lowest BCUT2D eigenvalue weighted by atomic mass is 10.2. The van der Waals surface area contributed by atoms with Crippen LogP contribution in [0.4, 0.5) is 4.39 Å². The molecular formula is C13H11BrFNO2. The van der Waals surface area contributed by atoms with Gasteiger partial charge < -0.3 is 9.32 Å². The van der Waals surface area contributed by atoms with Crippen molar-refractivity contribution in [2.45, 2.75) is 6.54 Å². The second-order valence-electron chi connectivity index (χ2n) is 3.86. The molecule has 0 radical (unpaired) electrons. The number of hydrogen-bond donors (Lipinski definition) is 0. The molecule has 0 saturated heterocycles. The summed E-state index contributed by atoms with van der Waals surface area (Å²) in [6.45, 7) is 0.211. The molecule has 0 atom stereocenters. The van der Waals surface area contributed by atoms with E-state index >= 15 is 0 Å². The summed E-state index contributed by atoms with van der Waals surface area (Å²) in [5.74, 6) is -0.540. The van der Waals surface area contributed by atoms with Gasteiger partial charge in [-0.2, -0.15) is 0 Å². The fourth-order valence-corrected chi connectivity index (χ4v) is 2.02. The van der Waals surface area contributed by atoms with Gasteiger partial charge in [-0.3, -0.25) is 4.79 Å². The molecule has 0 bridgehead atoms. The average molecular weight is 312 g/mol. The van der Waals surface area contributed by atoms with E-state index in [4.69, 9.17) is 4.42 Å². The third kappa shape index (κ3) is 2.61. The Balaban J connectivity index is 2.14. The van der Waals surface area contributed by atoms with Crippen molar-refractivity contribution in [1.29, 1.82) is 0 Å². The lowest BCUT2D eigenvalue weighted by Gasteiger charge is -2.16. The second-order valence-corrected chi connectivity index (χ2v) is 4.58. The molecule has 3 nitrogen and oxygen atoms in total. The molecule has 0 aliphatic heterocycles. The summed E-state index contributed by atoms with van der Waals surface area (Å²) in [5, 5.41) is 0. The number of carbonyl (C=O) groups excluding carboxylic acids is 1. The molecule has 94 valence electrons. The van der Waals surface area contributed by atoms with Gasteiger partial charge in [0.05, 0.1) is 11.8 Å². The van der Waals surface area contributed by atoms with E-state index in [0.29, 0.717) is 15.8 Å². The monoisotopic (exact) mass is 311 g/mol. The molecule has 0 fully saturated rings. The number of rotatable bonds is 3. The summed E-state index contributed by atoms with van der Waals surface area (Å²) >= 11 is 3.15. The first-order valence-corrected chi connectivity index (χ1v) is 6.10. The molecule has 2 rings (SSSR count). The Morgan fingerprint density at radius 3 is 2.72 bits per heavy atom. The lowest BCUT2D eigenvalue weighted by Crippen LogP contribution is -2.26. The average Bonchev–Trinajstić information content (AvgIpc) is 2.77. The first-order valence-electron chi connectivity index (χ1n) is 5.31. The molecule has 1 heterocycles. The molecule has 0 saturated carbocycles. The standard InChI is InChI=1S/C13H11BrFNO2/c1-16(8-9-4-2-3-5-11(9)15)13(17)10-6-7-18-12(10)14/h2-7H,8H2,1H3. The van der Waals surface area contributed by atoms with E-state index in [1.807, 2.05) is 0 Å². The molecule has 0 aliphatic rings. The van der Waals surface area contributed by atoms with E-state index in [1.54, 1.807) is 31.3 Å². The van der Waals surface area contributed by atoms with Gasteiger partial charge in [0.1, 0.15) is 5.82 Å². The summed E-state index contributed by atoms with van der Waals surface area (Å²) in [4.78, 5) is 13.5. The van der Waals surface area contributed by atoms with Gasteiger partial charge in [-0.1, -0.05) is 18.2 Å². The van der Waals surface area contributed by atoms with Crippen LogP contribution in [0, 0.1) is 5.82 Å². The molecule has 5 heteroatoms. The topological polar surface area (TPSA) is 33.5 Å². The maximum Gasteiger partial charge on any atom is 0.258 e. The van der Waals surface area contributed by atoms with E-state index in [1.165, 1.54) is 17.2 Å². The Hall–Kier alpha value is -1.62. The highest BCUT2D eigenvalue weighted by molar-refractivity contribution is 9.10. The highest BCUT2D eigenvalue weighted by atomic mass is 79.9. The molecule has 2 aromatic rings. The number of amides is 1. The molecule has 1 aromatic heterocycles. The molecule has 1 aromatic carbocycles. The van der Waals surface area contributed by atoms with Crippen LogP contribution in [0.2, 0.25) is 0 Å². The van der Waals surface area contributed by atoms with Gasteiger partial charge >= 0.3 is 0 Å². The van der Waals surface area contributed by atoms with Crippen LogP contribution < -0.4 is 0 Å². The van der Waals surface area contributed by atoms with Crippen LogP contribution in [0.3, 0.4) is 0 Å². The first kappa shape index (κ1) is 12.8. The minimum atomic E-state index is -0.316. The predicted molar refractivity (Wildman–Crippen MR) is 68.6 cm³/mol. The van der Waals surface area contributed by atoms with Gasteiger partial charge in [0.2, 0.25) is 0 Å². The van der Waals surface area contributed by atoms with Crippen molar-refractivity contribution < 1.29 is 13.6 Å². The van der Waals surface area contributed by atoms with Crippen LogP contribution in [0.15, 0.2) is 45.7 Å². The van der Waals surface area contributed by atoms with Gasteiger partial charge in [-0.25, -0.2) is 4.39 Å². The fourth-order valence-electron chi connectivity index (χ4n) is 1.61. The molecule has 0 spiro atoms. The molecule has 18 heavy (non-hydrogen) atoms. The minimum Gasteiger partial charge on any atom is -0.457 e. The predicted octanol–water partition coefficient (Wildman–Crippen LogP) is 3.45. The zero-order valence-electron chi connectivity index (χ0n) is 9.69.